The molecule has 1 aliphatic rings. The van der Waals surface area contributed by atoms with Gasteiger partial charge < -0.3 is 10.2 Å². The van der Waals surface area contributed by atoms with Gasteiger partial charge in [0.2, 0.25) is 0 Å². The van der Waals surface area contributed by atoms with Crippen molar-refractivity contribution >= 4 is 21.6 Å². The van der Waals surface area contributed by atoms with Crippen molar-refractivity contribution in [1.29, 1.82) is 0 Å². The molecular formula is C21H26N2O3S. The minimum Gasteiger partial charge on any atom is -0.317 e. The molecule has 2 aromatic rings. The Morgan fingerprint density at radius 2 is 1.63 bits per heavy atom. The molecule has 6 heteroatoms. The van der Waals surface area contributed by atoms with Gasteiger partial charge in [-0.05, 0) is 49.6 Å². The van der Waals surface area contributed by atoms with Gasteiger partial charge in [-0.15, -0.1) is 0 Å². The third-order valence-electron chi connectivity index (χ3n) is 5.03. The highest BCUT2D eigenvalue weighted by Crippen LogP contribution is 2.26. The van der Waals surface area contributed by atoms with E-state index in [0.717, 1.165) is 31.2 Å². The lowest BCUT2D eigenvalue weighted by Gasteiger charge is -2.29. The predicted molar refractivity (Wildman–Crippen MR) is 108 cm³/mol. The molecule has 0 spiro atoms. The quantitative estimate of drug-likeness (QED) is 0.829. The summed E-state index contributed by atoms with van der Waals surface area (Å²) in [6, 6.07) is 14.6. The third-order valence-corrected chi connectivity index (χ3v) is 6.16. The van der Waals surface area contributed by atoms with E-state index in [2.05, 4.69) is 29.6 Å². The van der Waals surface area contributed by atoms with E-state index in [4.69, 9.17) is 0 Å². The minimum atomic E-state index is -3.24. The summed E-state index contributed by atoms with van der Waals surface area (Å²) in [6.07, 6.45) is 5.50. The first-order valence-corrected chi connectivity index (χ1v) is 11.2. The Kier molecular flexibility index (Phi) is 5.85. The van der Waals surface area contributed by atoms with Crippen LogP contribution in [0.25, 0.3) is 0 Å². The average molecular weight is 387 g/mol. The van der Waals surface area contributed by atoms with Crippen LogP contribution in [0.4, 0.5) is 10.5 Å². The first-order chi connectivity index (χ1) is 12.8. The van der Waals surface area contributed by atoms with Crippen LogP contribution < -0.4 is 5.32 Å². The molecule has 5 nitrogen and oxygen atoms in total. The maximum atomic E-state index is 12.9. The number of rotatable bonds is 5. The van der Waals surface area contributed by atoms with Crippen LogP contribution in [0.15, 0.2) is 53.4 Å². The Hall–Kier alpha value is -2.34. The number of hydrogen-bond acceptors (Lipinski definition) is 3. The molecule has 2 amide bonds. The van der Waals surface area contributed by atoms with Crippen molar-refractivity contribution in [3.8, 4) is 0 Å². The molecule has 1 aliphatic carbocycles. The van der Waals surface area contributed by atoms with Crippen molar-refractivity contribution in [2.45, 2.75) is 50.1 Å². The fourth-order valence-corrected chi connectivity index (χ4v) is 4.08. The number of carbonyl (C=O) groups excluding carboxylic acids is 1. The molecule has 0 bridgehead atoms. The number of nitrogens with one attached hydrogen (secondary N) is 1. The van der Waals surface area contributed by atoms with E-state index in [0.29, 0.717) is 12.2 Å². The van der Waals surface area contributed by atoms with Gasteiger partial charge in [-0.2, -0.15) is 0 Å². The highest BCUT2D eigenvalue weighted by molar-refractivity contribution is 7.90. The Balaban J connectivity index is 1.75. The minimum absolute atomic E-state index is 0.144. The molecule has 1 fully saturated rings. The monoisotopic (exact) mass is 386 g/mol. The fourth-order valence-electron chi connectivity index (χ4n) is 3.45. The number of hydrogen-bond donors (Lipinski definition) is 1. The van der Waals surface area contributed by atoms with Gasteiger partial charge in [0.25, 0.3) is 0 Å². The van der Waals surface area contributed by atoms with Crippen molar-refractivity contribution in [3.63, 3.8) is 0 Å². The number of amides is 2. The van der Waals surface area contributed by atoms with Gasteiger partial charge in [0, 0.05) is 24.5 Å². The molecule has 0 aromatic heterocycles. The SMILES string of the molecule is Cc1ccc(CN(C(=O)Nc2ccc(S(C)(=O)=O)cc2)C2CCCC2)cc1. The normalized spacial score (nSPS) is 14.9. The summed E-state index contributed by atoms with van der Waals surface area (Å²) in [5, 5.41) is 2.92. The summed E-state index contributed by atoms with van der Waals surface area (Å²) >= 11 is 0. The number of carbonyl (C=O) groups is 1. The summed E-state index contributed by atoms with van der Waals surface area (Å²) in [4.78, 5) is 15.1. The second-order valence-corrected chi connectivity index (χ2v) is 9.29. The van der Waals surface area contributed by atoms with Gasteiger partial charge in [-0.25, -0.2) is 13.2 Å². The third kappa shape index (κ3) is 5.10. The molecule has 0 saturated heterocycles. The predicted octanol–water partition coefficient (Wildman–Crippen LogP) is 4.38. The molecule has 1 saturated carbocycles. The van der Waals surface area contributed by atoms with Gasteiger partial charge in [0.1, 0.15) is 0 Å². The first-order valence-electron chi connectivity index (χ1n) is 9.26. The summed E-state index contributed by atoms with van der Waals surface area (Å²) in [5.74, 6) is 0. The van der Waals surface area contributed by atoms with Crippen molar-refractivity contribution < 1.29 is 13.2 Å². The number of sulfone groups is 1. The van der Waals surface area contributed by atoms with Crippen molar-refractivity contribution in [2.75, 3.05) is 11.6 Å². The molecule has 3 rings (SSSR count). The molecular weight excluding hydrogens is 360 g/mol. The van der Waals surface area contributed by atoms with Crippen LogP contribution in [-0.2, 0) is 16.4 Å². The Bertz CT molecular complexity index is 884. The number of urea groups is 1. The smallest absolute Gasteiger partial charge is 0.317 e. The topological polar surface area (TPSA) is 66.5 Å². The number of aryl methyl sites for hydroxylation is 1. The van der Waals surface area contributed by atoms with Gasteiger partial charge in [0.05, 0.1) is 4.90 Å². The summed E-state index contributed by atoms with van der Waals surface area (Å²) in [7, 11) is -3.24. The Labute approximate surface area is 161 Å². The van der Waals surface area contributed by atoms with Crippen LogP contribution in [0, 0.1) is 6.92 Å². The van der Waals surface area contributed by atoms with Gasteiger partial charge in [0.15, 0.2) is 9.84 Å². The zero-order chi connectivity index (χ0) is 19.4. The van der Waals surface area contributed by atoms with Crippen LogP contribution in [0.3, 0.4) is 0 Å². The van der Waals surface area contributed by atoms with E-state index in [1.165, 1.54) is 24.0 Å². The highest BCUT2D eigenvalue weighted by Gasteiger charge is 2.27. The molecule has 144 valence electrons. The average Bonchev–Trinajstić information content (AvgIpc) is 3.15. The van der Waals surface area contributed by atoms with Crippen molar-refractivity contribution in [3.05, 3.63) is 59.7 Å². The largest absolute Gasteiger partial charge is 0.322 e. The molecule has 0 unspecified atom stereocenters. The molecule has 27 heavy (non-hydrogen) atoms. The zero-order valence-electron chi connectivity index (χ0n) is 15.8. The van der Waals surface area contributed by atoms with Crippen molar-refractivity contribution in [1.82, 2.24) is 4.90 Å². The van der Waals surface area contributed by atoms with E-state index >= 15 is 0 Å². The fraction of sp³-hybridized carbons (Fsp3) is 0.381. The van der Waals surface area contributed by atoms with Crippen LogP contribution in [-0.4, -0.2) is 31.6 Å². The van der Waals surface area contributed by atoms with Crippen molar-refractivity contribution in [2.24, 2.45) is 0 Å². The van der Waals surface area contributed by atoms with E-state index in [1.54, 1.807) is 12.1 Å². The summed E-state index contributed by atoms with van der Waals surface area (Å²) in [5.41, 5.74) is 2.90. The number of nitrogens with zero attached hydrogens (tertiary/aromatic N) is 1. The lowest BCUT2D eigenvalue weighted by atomic mass is 10.1. The Morgan fingerprint density at radius 1 is 1.04 bits per heavy atom. The first kappa shape index (κ1) is 19.4. The maximum Gasteiger partial charge on any atom is 0.322 e. The second kappa shape index (κ2) is 8.13. The highest BCUT2D eigenvalue weighted by atomic mass is 32.2. The molecule has 0 heterocycles. The van der Waals surface area contributed by atoms with E-state index in [9.17, 15) is 13.2 Å². The molecule has 0 atom stereocenters. The molecule has 0 aliphatic heterocycles. The lowest BCUT2D eigenvalue weighted by Crippen LogP contribution is -2.41. The van der Waals surface area contributed by atoms with Crippen LogP contribution >= 0.6 is 0 Å². The maximum absolute atomic E-state index is 12.9. The standard InChI is InChI=1S/C21H26N2O3S/c1-16-7-9-17(10-8-16)15-23(19-5-3-4-6-19)21(24)22-18-11-13-20(14-12-18)27(2,25)26/h7-14,19H,3-6,15H2,1-2H3,(H,22,24). The van der Waals surface area contributed by atoms with E-state index in [-0.39, 0.29) is 17.0 Å². The molecule has 2 aromatic carbocycles. The van der Waals surface area contributed by atoms with Gasteiger partial charge in [-0.1, -0.05) is 42.7 Å². The summed E-state index contributed by atoms with van der Waals surface area (Å²) < 4.78 is 23.2. The summed E-state index contributed by atoms with van der Waals surface area (Å²) in [6.45, 7) is 2.61. The molecule has 1 N–H and O–H groups in total. The number of benzene rings is 2. The van der Waals surface area contributed by atoms with Gasteiger partial charge in [-0.3, -0.25) is 0 Å². The second-order valence-electron chi connectivity index (χ2n) is 7.28. The van der Waals surface area contributed by atoms with Crippen LogP contribution in [0.1, 0.15) is 36.8 Å². The molecule has 0 radical (unpaired) electrons. The van der Waals surface area contributed by atoms with Crippen LogP contribution in [0.5, 0.6) is 0 Å². The van der Waals surface area contributed by atoms with E-state index in [1.807, 2.05) is 11.8 Å². The Morgan fingerprint density at radius 3 is 2.19 bits per heavy atom. The lowest BCUT2D eigenvalue weighted by molar-refractivity contribution is 0.184. The van der Waals surface area contributed by atoms with Crippen LogP contribution in [0.2, 0.25) is 0 Å². The zero-order valence-corrected chi connectivity index (χ0v) is 16.6. The van der Waals surface area contributed by atoms with E-state index < -0.39 is 9.84 Å². The number of anilines is 1. The van der Waals surface area contributed by atoms with Gasteiger partial charge >= 0.3 is 6.03 Å².